The predicted octanol–water partition coefficient (Wildman–Crippen LogP) is 1.50. The number of rotatable bonds is 6. The van der Waals surface area contributed by atoms with Crippen molar-refractivity contribution < 1.29 is 14.0 Å². The summed E-state index contributed by atoms with van der Waals surface area (Å²) in [6, 6.07) is 6.48. The van der Waals surface area contributed by atoms with Crippen molar-refractivity contribution in [2.75, 3.05) is 13.1 Å². The Bertz CT molecular complexity index is 483. The van der Waals surface area contributed by atoms with E-state index >= 15 is 0 Å². The summed E-state index contributed by atoms with van der Waals surface area (Å²) in [6.45, 7) is 2.00. The number of benzene rings is 1. The summed E-state index contributed by atoms with van der Waals surface area (Å²) in [4.78, 5) is 24.8. The van der Waals surface area contributed by atoms with Crippen LogP contribution < -0.4 is 5.32 Å². The van der Waals surface area contributed by atoms with Crippen LogP contribution >= 0.6 is 0 Å². The van der Waals surface area contributed by atoms with E-state index in [1.165, 1.54) is 24.0 Å². The van der Waals surface area contributed by atoms with Gasteiger partial charge in [-0.3, -0.25) is 9.59 Å². The number of hydrogen-bond acceptors (Lipinski definition) is 2. The third kappa shape index (κ3) is 4.64. The van der Waals surface area contributed by atoms with Crippen LogP contribution in [0.15, 0.2) is 24.3 Å². The summed E-state index contributed by atoms with van der Waals surface area (Å²) >= 11 is 0. The number of amides is 2. The minimum atomic E-state index is -0.277. The fourth-order valence-electron chi connectivity index (χ4n) is 1.94. The average Bonchev–Trinajstić information content (AvgIpc) is 3.20. The van der Waals surface area contributed by atoms with E-state index in [0.29, 0.717) is 19.0 Å². The van der Waals surface area contributed by atoms with Crippen LogP contribution in [0.4, 0.5) is 4.39 Å². The SMILES string of the molecule is CC(=O)N(CCc1ccc(F)cc1)CC(=O)NC1CC1. The molecule has 1 aromatic rings. The number of nitrogens with one attached hydrogen (secondary N) is 1. The smallest absolute Gasteiger partial charge is 0.239 e. The van der Waals surface area contributed by atoms with Gasteiger partial charge in [0.1, 0.15) is 5.82 Å². The highest BCUT2D eigenvalue weighted by atomic mass is 19.1. The molecule has 1 aliphatic carbocycles. The maximum atomic E-state index is 12.8. The Labute approximate surface area is 118 Å². The Morgan fingerprint density at radius 2 is 1.95 bits per heavy atom. The van der Waals surface area contributed by atoms with Gasteiger partial charge in [0.2, 0.25) is 11.8 Å². The number of nitrogens with zero attached hydrogens (tertiary/aromatic N) is 1. The van der Waals surface area contributed by atoms with Crippen molar-refractivity contribution in [3.05, 3.63) is 35.6 Å². The van der Waals surface area contributed by atoms with Crippen LogP contribution in [0, 0.1) is 5.82 Å². The predicted molar refractivity (Wildman–Crippen MR) is 73.5 cm³/mol. The molecule has 0 radical (unpaired) electrons. The zero-order valence-corrected chi connectivity index (χ0v) is 11.6. The Kier molecular flexibility index (Phi) is 4.71. The van der Waals surface area contributed by atoms with Crippen molar-refractivity contribution in [1.29, 1.82) is 0 Å². The third-order valence-corrected chi connectivity index (χ3v) is 3.31. The van der Waals surface area contributed by atoms with Gasteiger partial charge in [-0.15, -0.1) is 0 Å². The van der Waals surface area contributed by atoms with E-state index in [9.17, 15) is 14.0 Å². The van der Waals surface area contributed by atoms with Gasteiger partial charge in [-0.05, 0) is 37.0 Å². The molecule has 5 heteroatoms. The molecule has 0 spiro atoms. The van der Waals surface area contributed by atoms with Gasteiger partial charge in [-0.25, -0.2) is 4.39 Å². The van der Waals surface area contributed by atoms with Gasteiger partial charge in [0.05, 0.1) is 6.54 Å². The van der Waals surface area contributed by atoms with Crippen LogP contribution in [0.25, 0.3) is 0 Å². The lowest BCUT2D eigenvalue weighted by molar-refractivity contribution is -0.134. The van der Waals surface area contributed by atoms with Crippen LogP contribution in [0.1, 0.15) is 25.3 Å². The number of carbonyl (C=O) groups is 2. The maximum absolute atomic E-state index is 12.8. The largest absolute Gasteiger partial charge is 0.352 e. The molecule has 0 saturated heterocycles. The van der Waals surface area contributed by atoms with Crippen molar-refractivity contribution in [1.82, 2.24) is 10.2 Å². The second kappa shape index (κ2) is 6.50. The van der Waals surface area contributed by atoms with Gasteiger partial charge in [0.25, 0.3) is 0 Å². The van der Waals surface area contributed by atoms with Crippen LogP contribution in [0.5, 0.6) is 0 Å². The molecule has 1 fully saturated rings. The highest BCUT2D eigenvalue weighted by Crippen LogP contribution is 2.18. The highest BCUT2D eigenvalue weighted by Gasteiger charge is 2.24. The van der Waals surface area contributed by atoms with Crippen LogP contribution in [0.3, 0.4) is 0 Å². The molecule has 0 aliphatic heterocycles. The normalized spacial score (nSPS) is 13.9. The summed E-state index contributed by atoms with van der Waals surface area (Å²) < 4.78 is 12.8. The van der Waals surface area contributed by atoms with Crippen molar-refractivity contribution in [2.45, 2.75) is 32.2 Å². The molecule has 4 nitrogen and oxygen atoms in total. The van der Waals surface area contributed by atoms with Gasteiger partial charge in [-0.1, -0.05) is 12.1 Å². The first-order valence-corrected chi connectivity index (χ1v) is 6.84. The molecule has 1 aromatic carbocycles. The highest BCUT2D eigenvalue weighted by molar-refractivity contribution is 5.84. The van der Waals surface area contributed by atoms with Crippen LogP contribution in [-0.4, -0.2) is 35.8 Å². The summed E-state index contributed by atoms with van der Waals surface area (Å²) in [6.07, 6.45) is 2.67. The van der Waals surface area contributed by atoms with Gasteiger partial charge in [0, 0.05) is 19.5 Å². The van der Waals surface area contributed by atoms with Crippen molar-refractivity contribution in [3.8, 4) is 0 Å². The maximum Gasteiger partial charge on any atom is 0.239 e. The summed E-state index contributed by atoms with van der Waals surface area (Å²) in [5.41, 5.74) is 0.945. The molecular formula is C15H19FN2O2. The molecule has 0 heterocycles. The van der Waals surface area contributed by atoms with Crippen LogP contribution in [-0.2, 0) is 16.0 Å². The molecule has 1 saturated carbocycles. The third-order valence-electron chi connectivity index (χ3n) is 3.31. The van der Waals surface area contributed by atoms with E-state index in [1.54, 1.807) is 12.1 Å². The van der Waals surface area contributed by atoms with Crippen LogP contribution in [0.2, 0.25) is 0 Å². The quantitative estimate of drug-likeness (QED) is 0.857. The topological polar surface area (TPSA) is 49.4 Å². The molecular weight excluding hydrogens is 259 g/mol. The second-order valence-corrected chi connectivity index (χ2v) is 5.16. The Morgan fingerprint density at radius 1 is 1.30 bits per heavy atom. The van der Waals surface area contributed by atoms with Crippen molar-refractivity contribution >= 4 is 11.8 Å². The molecule has 108 valence electrons. The lowest BCUT2D eigenvalue weighted by atomic mass is 10.1. The lowest BCUT2D eigenvalue weighted by Crippen LogP contribution is -2.41. The van der Waals surface area contributed by atoms with Gasteiger partial charge >= 0.3 is 0 Å². The molecule has 0 bridgehead atoms. The lowest BCUT2D eigenvalue weighted by Gasteiger charge is -2.20. The Hall–Kier alpha value is -1.91. The zero-order valence-electron chi connectivity index (χ0n) is 11.6. The van der Waals surface area contributed by atoms with Gasteiger partial charge in [0.15, 0.2) is 0 Å². The van der Waals surface area contributed by atoms with Crippen molar-refractivity contribution in [3.63, 3.8) is 0 Å². The fraction of sp³-hybridized carbons (Fsp3) is 0.467. The molecule has 1 N–H and O–H groups in total. The Morgan fingerprint density at radius 3 is 2.50 bits per heavy atom. The molecule has 1 aliphatic rings. The fourth-order valence-corrected chi connectivity index (χ4v) is 1.94. The summed E-state index contributed by atoms with van der Waals surface area (Å²) in [5.74, 6) is -0.513. The first-order chi connectivity index (χ1) is 9.54. The molecule has 0 atom stereocenters. The molecule has 0 aromatic heterocycles. The minimum Gasteiger partial charge on any atom is -0.352 e. The zero-order chi connectivity index (χ0) is 14.5. The number of carbonyl (C=O) groups excluding carboxylic acids is 2. The monoisotopic (exact) mass is 278 g/mol. The molecule has 0 unspecified atom stereocenters. The van der Waals surface area contributed by atoms with E-state index in [-0.39, 0.29) is 24.2 Å². The molecule has 20 heavy (non-hydrogen) atoms. The first-order valence-electron chi connectivity index (χ1n) is 6.84. The Balaban J connectivity index is 1.83. The summed E-state index contributed by atoms with van der Waals surface area (Å²) in [7, 11) is 0. The van der Waals surface area contributed by atoms with E-state index < -0.39 is 0 Å². The van der Waals surface area contributed by atoms with Gasteiger partial charge in [-0.2, -0.15) is 0 Å². The first kappa shape index (κ1) is 14.5. The van der Waals surface area contributed by atoms with E-state index in [2.05, 4.69) is 5.32 Å². The van der Waals surface area contributed by atoms with E-state index in [0.717, 1.165) is 18.4 Å². The number of hydrogen-bond donors (Lipinski definition) is 1. The summed E-state index contributed by atoms with van der Waals surface area (Å²) in [5, 5.41) is 2.86. The van der Waals surface area contributed by atoms with E-state index in [4.69, 9.17) is 0 Å². The minimum absolute atomic E-state index is 0.0903. The number of halogens is 1. The average molecular weight is 278 g/mol. The van der Waals surface area contributed by atoms with Crippen molar-refractivity contribution in [2.24, 2.45) is 0 Å². The molecule has 2 amide bonds. The van der Waals surface area contributed by atoms with Gasteiger partial charge < -0.3 is 10.2 Å². The van der Waals surface area contributed by atoms with E-state index in [1.807, 2.05) is 0 Å². The standard InChI is InChI=1S/C15H19FN2O2/c1-11(19)18(10-15(20)17-14-6-7-14)9-8-12-2-4-13(16)5-3-12/h2-5,14H,6-10H2,1H3,(H,17,20). The molecule has 2 rings (SSSR count). The second-order valence-electron chi connectivity index (χ2n) is 5.16.